The molecule has 5 heteroatoms. The molecule has 3 fully saturated rings. The third kappa shape index (κ3) is 1.63. The van der Waals surface area contributed by atoms with Crippen molar-refractivity contribution in [1.29, 1.82) is 0 Å². The average Bonchev–Trinajstić information content (AvgIpc) is 2.68. The van der Waals surface area contributed by atoms with E-state index in [4.69, 9.17) is 5.11 Å². The predicted octanol–water partition coefficient (Wildman–Crippen LogP) is 1.59. The lowest BCUT2D eigenvalue weighted by atomic mass is 10.0. The lowest BCUT2D eigenvalue weighted by molar-refractivity contribution is -0.150. The number of hydrogen-bond acceptors (Lipinski definition) is 2. The quantitative estimate of drug-likeness (QED) is 0.815. The first-order valence-electron chi connectivity index (χ1n) is 6.68. The van der Waals surface area contributed by atoms with E-state index < -0.39 is 11.6 Å². The van der Waals surface area contributed by atoms with Crippen molar-refractivity contribution in [2.24, 2.45) is 11.3 Å². The van der Waals surface area contributed by atoms with Crippen LogP contribution in [0.15, 0.2) is 0 Å². The van der Waals surface area contributed by atoms with Gasteiger partial charge in [0.1, 0.15) is 0 Å². The van der Waals surface area contributed by atoms with Gasteiger partial charge in [-0.3, -0.25) is 4.79 Å². The number of carboxylic acid groups (broad SMARTS) is 1. The van der Waals surface area contributed by atoms with Gasteiger partial charge in [0, 0.05) is 18.9 Å². The molecular weight excluding hydrogens is 237 g/mol. The minimum Gasteiger partial charge on any atom is -0.479 e. The summed E-state index contributed by atoms with van der Waals surface area (Å²) in [5.74, 6) is -1.42. The molecule has 2 atom stereocenters. The Morgan fingerprint density at radius 1 is 1.22 bits per heavy atom. The van der Waals surface area contributed by atoms with Gasteiger partial charge in [-0.1, -0.05) is 12.8 Å². The van der Waals surface area contributed by atoms with Crippen LogP contribution >= 0.6 is 0 Å². The first-order valence-corrected chi connectivity index (χ1v) is 6.68. The maximum Gasteiger partial charge on any atom is 0.343 e. The number of hydrogen-bond donors (Lipinski definition) is 1. The molecule has 3 rings (SSSR count). The van der Waals surface area contributed by atoms with E-state index in [1.54, 1.807) is 0 Å². The number of likely N-dealkylation sites (tertiary alicyclic amines) is 1. The molecular formula is C13H18FNO3. The number of rotatable bonds is 2. The van der Waals surface area contributed by atoms with Crippen molar-refractivity contribution < 1.29 is 19.1 Å². The van der Waals surface area contributed by atoms with Crippen molar-refractivity contribution in [2.45, 2.75) is 44.2 Å². The highest BCUT2D eigenvalue weighted by molar-refractivity contribution is 5.85. The van der Waals surface area contributed by atoms with Gasteiger partial charge in [0.15, 0.2) is 0 Å². The van der Waals surface area contributed by atoms with Crippen molar-refractivity contribution in [3.05, 3.63) is 0 Å². The van der Waals surface area contributed by atoms with Gasteiger partial charge in [-0.15, -0.1) is 0 Å². The van der Waals surface area contributed by atoms with Crippen molar-refractivity contribution in [3.8, 4) is 0 Å². The Morgan fingerprint density at radius 3 is 2.44 bits per heavy atom. The van der Waals surface area contributed by atoms with Gasteiger partial charge in [-0.2, -0.15) is 0 Å². The van der Waals surface area contributed by atoms with E-state index in [2.05, 4.69) is 0 Å². The molecule has 1 heterocycles. The molecule has 1 N–H and O–H groups in total. The van der Waals surface area contributed by atoms with Crippen LogP contribution in [0.5, 0.6) is 0 Å². The van der Waals surface area contributed by atoms with E-state index in [0.717, 1.165) is 19.3 Å². The lowest BCUT2D eigenvalue weighted by Gasteiger charge is -2.19. The van der Waals surface area contributed by atoms with E-state index in [1.165, 1.54) is 17.7 Å². The first kappa shape index (κ1) is 11.9. The molecule has 0 aromatic heterocycles. The summed E-state index contributed by atoms with van der Waals surface area (Å²) in [5, 5.41) is 8.82. The third-order valence-corrected chi connectivity index (χ3v) is 5.00. The lowest BCUT2D eigenvalue weighted by Crippen LogP contribution is -2.39. The summed E-state index contributed by atoms with van der Waals surface area (Å²) in [6, 6.07) is 0. The monoisotopic (exact) mass is 255 g/mol. The minimum absolute atomic E-state index is 0.0160. The van der Waals surface area contributed by atoms with E-state index in [1.807, 2.05) is 0 Å². The summed E-state index contributed by atoms with van der Waals surface area (Å²) in [5.41, 5.74) is -2.03. The van der Waals surface area contributed by atoms with Crippen LogP contribution < -0.4 is 0 Å². The molecule has 100 valence electrons. The van der Waals surface area contributed by atoms with Crippen LogP contribution in [0.1, 0.15) is 38.5 Å². The fourth-order valence-corrected chi connectivity index (χ4v) is 3.68. The molecule has 1 aliphatic heterocycles. The van der Waals surface area contributed by atoms with Gasteiger partial charge in [0.05, 0.1) is 6.54 Å². The van der Waals surface area contributed by atoms with E-state index >= 15 is 0 Å². The molecule has 1 saturated heterocycles. The Morgan fingerprint density at radius 2 is 1.89 bits per heavy atom. The molecule has 3 aliphatic rings. The van der Waals surface area contributed by atoms with Crippen LogP contribution in [0.3, 0.4) is 0 Å². The topological polar surface area (TPSA) is 57.6 Å². The number of alkyl halides is 1. The number of halogens is 1. The Labute approximate surface area is 105 Å². The van der Waals surface area contributed by atoms with Crippen LogP contribution in [0.4, 0.5) is 4.39 Å². The molecule has 2 unspecified atom stereocenters. The van der Waals surface area contributed by atoms with Crippen molar-refractivity contribution in [3.63, 3.8) is 0 Å². The molecule has 0 aromatic rings. The Bertz CT molecular complexity index is 405. The Kier molecular flexibility index (Phi) is 2.44. The number of amides is 1. The number of carboxylic acids is 1. The molecule has 2 saturated carbocycles. The molecule has 4 nitrogen and oxygen atoms in total. The van der Waals surface area contributed by atoms with Crippen molar-refractivity contribution in [1.82, 2.24) is 4.90 Å². The average molecular weight is 255 g/mol. The fourth-order valence-electron chi connectivity index (χ4n) is 3.68. The first-order chi connectivity index (χ1) is 8.47. The highest BCUT2D eigenvalue weighted by atomic mass is 19.1. The van der Waals surface area contributed by atoms with Gasteiger partial charge in [0.25, 0.3) is 0 Å². The Balaban J connectivity index is 1.64. The summed E-state index contributed by atoms with van der Waals surface area (Å²) >= 11 is 0. The second kappa shape index (κ2) is 3.68. The molecule has 0 radical (unpaired) electrons. The zero-order valence-corrected chi connectivity index (χ0v) is 10.3. The van der Waals surface area contributed by atoms with Gasteiger partial charge in [-0.25, -0.2) is 9.18 Å². The molecule has 1 amide bonds. The molecule has 18 heavy (non-hydrogen) atoms. The van der Waals surface area contributed by atoms with Crippen LogP contribution in [0.25, 0.3) is 0 Å². The zero-order chi connectivity index (χ0) is 13.0. The third-order valence-electron chi connectivity index (χ3n) is 5.00. The van der Waals surface area contributed by atoms with Gasteiger partial charge < -0.3 is 10.0 Å². The summed E-state index contributed by atoms with van der Waals surface area (Å²) in [6.07, 6.45) is 5.44. The standard InChI is InChI=1S/C13H18FNO3/c14-13(11(17)18)5-6-15(8-13)10(16)9-7-12(9)3-1-2-4-12/h9H,1-8H2,(H,17,18). The van der Waals surface area contributed by atoms with Crippen LogP contribution in [0, 0.1) is 11.3 Å². The highest BCUT2D eigenvalue weighted by Gasteiger charge is 2.60. The maximum absolute atomic E-state index is 13.9. The number of nitrogens with zero attached hydrogens (tertiary/aromatic N) is 1. The smallest absolute Gasteiger partial charge is 0.343 e. The molecule has 0 bridgehead atoms. The maximum atomic E-state index is 13.9. The van der Waals surface area contributed by atoms with Crippen LogP contribution in [-0.4, -0.2) is 40.6 Å². The van der Waals surface area contributed by atoms with Crippen LogP contribution in [0.2, 0.25) is 0 Å². The summed E-state index contributed by atoms with van der Waals surface area (Å²) in [6.45, 7) is -0.0258. The van der Waals surface area contributed by atoms with Gasteiger partial charge in [0.2, 0.25) is 11.6 Å². The van der Waals surface area contributed by atoms with E-state index in [9.17, 15) is 14.0 Å². The van der Waals surface area contributed by atoms with Gasteiger partial charge >= 0.3 is 5.97 Å². The number of carbonyl (C=O) groups is 2. The van der Waals surface area contributed by atoms with Gasteiger partial charge in [-0.05, 0) is 24.7 Å². The van der Waals surface area contributed by atoms with Crippen molar-refractivity contribution >= 4 is 11.9 Å². The number of aliphatic carboxylic acids is 1. The highest BCUT2D eigenvalue weighted by Crippen LogP contribution is 2.63. The largest absolute Gasteiger partial charge is 0.479 e. The SMILES string of the molecule is O=C(C1CC12CCCC2)N1CCC(F)(C(=O)O)C1. The minimum atomic E-state index is -2.23. The predicted molar refractivity (Wildman–Crippen MR) is 61.7 cm³/mol. The van der Waals surface area contributed by atoms with E-state index in [-0.39, 0.29) is 36.8 Å². The fraction of sp³-hybridized carbons (Fsp3) is 0.846. The molecule has 1 spiro atoms. The second-order valence-electron chi connectivity index (χ2n) is 6.11. The summed E-state index contributed by atoms with van der Waals surface area (Å²) < 4.78 is 13.9. The van der Waals surface area contributed by atoms with E-state index in [0.29, 0.717) is 0 Å². The Hall–Kier alpha value is -1.13. The molecule has 2 aliphatic carbocycles. The second-order valence-corrected chi connectivity index (χ2v) is 6.11. The number of carbonyl (C=O) groups excluding carboxylic acids is 1. The normalized spacial score (nSPS) is 37.2. The van der Waals surface area contributed by atoms with Crippen molar-refractivity contribution in [2.75, 3.05) is 13.1 Å². The van der Waals surface area contributed by atoms with Crippen LogP contribution in [-0.2, 0) is 9.59 Å². The zero-order valence-electron chi connectivity index (χ0n) is 10.3. The summed E-state index contributed by atoms with van der Waals surface area (Å²) in [7, 11) is 0. The molecule has 0 aromatic carbocycles. The summed E-state index contributed by atoms with van der Waals surface area (Å²) in [4.78, 5) is 24.5.